The predicted octanol–water partition coefficient (Wildman–Crippen LogP) is 2.29. The number of aryl methyl sites for hydroxylation is 1. The van der Waals surface area contributed by atoms with Gasteiger partial charge < -0.3 is 0 Å². The van der Waals surface area contributed by atoms with Gasteiger partial charge in [-0.15, -0.1) is 0 Å². The lowest BCUT2D eigenvalue weighted by atomic mass is 9.92. The third-order valence-electron chi connectivity index (χ3n) is 2.66. The Hall–Kier alpha value is -1.25. The molecule has 1 aliphatic rings. The van der Waals surface area contributed by atoms with Crippen LogP contribution >= 0.6 is 0 Å². The maximum Gasteiger partial charge on any atom is 0.166 e. The largest absolute Gasteiger partial charge is 0.294 e. The molecular weight excluding hydrogens is 188 g/mol. The minimum absolute atomic E-state index is 0.0461. The van der Waals surface area contributed by atoms with Crippen molar-refractivity contribution in [2.45, 2.75) is 45.4 Å². The Morgan fingerprint density at radius 2 is 2.00 bits per heavy atom. The molecule has 1 aliphatic carbocycles. The van der Waals surface area contributed by atoms with E-state index in [1.165, 1.54) is 0 Å². The molecule has 0 unspecified atom stereocenters. The van der Waals surface area contributed by atoms with E-state index in [2.05, 4.69) is 30.7 Å². The Bertz CT molecular complexity index is 405. The van der Waals surface area contributed by atoms with E-state index in [0.717, 1.165) is 29.9 Å². The highest BCUT2D eigenvalue weighted by molar-refractivity contribution is 5.97. The smallest absolute Gasteiger partial charge is 0.166 e. The van der Waals surface area contributed by atoms with Crippen LogP contribution in [0.5, 0.6) is 0 Å². The van der Waals surface area contributed by atoms with E-state index in [0.29, 0.717) is 6.42 Å². The van der Waals surface area contributed by atoms with Crippen molar-refractivity contribution < 1.29 is 4.79 Å². The van der Waals surface area contributed by atoms with E-state index in [-0.39, 0.29) is 11.2 Å². The average Bonchev–Trinajstić information content (AvgIpc) is 2.16. The molecule has 0 fully saturated rings. The Kier molecular flexibility index (Phi) is 2.33. The summed E-state index contributed by atoms with van der Waals surface area (Å²) in [6, 6.07) is 0. The lowest BCUT2D eigenvalue weighted by molar-refractivity contribution is 0.0971. The summed E-state index contributed by atoms with van der Waals surface area (Å²) in [4.78, 5) is 20.4. The molecule has 0 radical (unpaired) electrons. The molecular formula is C12H16N2O. The van der Waals surface area contributed by atoms with Crippen molar-refractivity contribution in [2.75, 3.05) is 0 Å². The summed E-state index contributed by atoms with van der Waals surface area (Å²) in [5, 5.41) is 0. The lowest BCUT2D eigenvalue weighted by Crippen LogP contribution is -2.21. The van der Waals surface area contributed by atoms with Crippen LogP contribution in [0.15, 0.2) is 6.20 Å². The summed E-state index contributed by atoms with van der Waals surface area (Å²) >= 11 is 0. The van der Waals surface area contributed by atoms with E-state index in [4.69, 9.17) is 0 Å². The van der Waals surface area contributed by atoms with Crippen molar-refractivity contribution in [2.24, 2.45) is 0 Å². The second-order valence-corrected chi connectivity index (χ2v) is 5.08. The monoisotopic (exact) mass is 204 g/mol. The van der Waals surface area contributed by atoms with Crippen LogP contribution in [0.25, 0.3) is 0 Å². The maximum absolute atomic E-state index is 11.6. The minimum atomic E-state index is -0.0461. The quantitative estimate of drug-likeness (QED) is 0.651. The van der Waals surface area contributed by atoms with Gasteiger partial charge in [-0.2, -0.15) is 0 Å². The standard InChI is InChI=1S/C12H16N2O/c1-12(2,3)11-13-7-8-9(14-11)5-4-6-10(8)15/h7H,4-6H2,1-3H3. The average molecular weight is 204 g/mol. The van der Waals surface area contributed by atoms with Gasteiger partial charge in [-0.25, -0.2) is 9.97 Å². The molecule has 0 bridgehead atoms. The topological polar surface area (TPSA) is 42.9 Å². The maximum atomic E-state index is 11.6. The van der Waals surface area contributed by atoms with Crippen molar-refractivity contribution in [3.8, 4) is 0 Å². The van der Waals surface area contributed by atoms with E-state index in [1.54, 1.807) is 6.20 Å². The molecule has 0 aromatic carbocycles. The first-order chi connectivity index (χ1) is 6.98. The van der Waals surface area contributed by atoms with Gasteiger partial charge in [0.1, 0.15) is 5.82 Å². The molecule has 0 saturated carbocycles. The van der Waals surface area contributed by atoms with Crippen LogP contribution in [0.4, 0.5) is 0 Å². The van der Waals surface area contributed by atoms with Gasteiger partial charge in [0.2, 0.25) is 0 Å². The highest BCUT2D eigenvalue weighted by atomic mass is 16.1. The Morgan fingerprint density at radius 3 is 2.67 bits per heavy atom. The molecule has 3 nitrogen and oxygen atoms in total. The normalized spacial score (nSPS) is 16.3. The van der Waals surface area contributed by atoms with Crippen LogP contribution < -0.4 is 0 Å². The van der Waals surface area contributed by atoms with Crippen LogP contribution in [0, 0.1) is 0 Å². The second-order valence-electron chi connectivity index (χ2n) is 5.08. The molecule has 1 heterocycles. The molecule has 0 aliphatic heterocycles. The van der Waals surface area contributed by atoms with Gasteiger partial charge in [-0.1, -0.05) is 20.8 Å². The van der Waals surface area contributed by atoms with Gasteiger partial charge in [-0.05, 0) is 12.8 Å². The second kappa shape index (κ2) is 3.40. The predicted molar refractivity (Wildman–Crippen MR) is 58.0 cm³/mol. The number of hydrogen-bond donors (Lipinski definition) is 0. The van der Waals surface area contributed by atoms with Gasteiger partial charge in [0.05, 0.1) is 11.3 Å². The third-order valence-corrected chi connectivity index (χ3v) is 2.66. The number of carbonyl (C=O) groups excluding carboxylic acids is 1. The zero-order chi connectivity index (χ0) is 11.1. The van der Waals surface area contributed by atoms with E-state index < -0.39 is 0 Å². The van der Waals surface area contributed by atoms with E-state index in [9.17, 15) is 4.79 Å². The van der Waals surface area contributed by atoms with E-state index >= 15 is 0 Å². The molecule has 0 spiro atoms. The lowest BCUT2D eigenvalue weighted by Gasteiger charge is -2.20. The first-order valence-electron chi connectivity index (χ1n) is 5.38. The number of aromatic nitrogens is 2. The molecule has 1 aromatic heterocycles. The number of ketones is 1. The minimum Gasteiger partial charge on any atom is -0.294 e. The molecule has 2 rings (SSSR count). The third kappa shape index (κ3) is 1.91. The fraction of sp³-hybridized carbons (Fsp3) is 0.583. The van der Waals surface area contributed by atoms with Gasteiger partial charge in [0.15, 0.2) is 5.78 Å². The molecule has 0 amide bonds. The molecule has 0 saturated heterocycles. The summed E-state index contributed by atoms with van der Waals surface area (Å²) in [7, 11) is 0. The molecule has 0 N–H and O–H groups in total. The zero-order valence-corrected chi connectivity index (χ0v) is 9.50. The van der Waals surface area contributed by atoms with Crippen LogP contribution in [-0.2, 0) is 11.8 Å². The number of carbonyl (C=O) groups is 1. The van der Waals surface area contributed by atoms with Crippen molar-refractivity contribution in [1.29, 1.82) is 0 Å². The molecule has 0 atom stereocenters. The van der Waals surface area contributed by atoms with Gasteiger partial charge in [0.25, 0.3) is 0 Å². The summed E-state index contributed by atoms with van der Waals surface area (Å²) in [6.45, 7) is 6.25. The number of nitrogens with zero attached hydrogens (tertiary/aromatic N) is 2. The van der Waals surface area contributed by atoms with Gasteiger partial charge in [0, 0.05) is 18.0 Å². The van der Waals surface area contributed by atoms with Crippen molar-refractivity contribution in [3.05, 3.63) is 23.3 Å². The SMILES string of the molecule is CC(C)(C)c1ncc2c(n1)CCCC2=O. The first-order valence-corrected chi connectivity index (χ1v) is 5.38. The van der Waals surface area contributed by atoms with Crippen LogP contribution in [0.3, 0.4) is 0 Å². The summed E-state index contributed by atoms with van der Waals surface area (Å²) in [6.07, 6.45) is 4.18. The van der Waals surface area contributed by atoms with E-state index in [1.807, 2.05) is 0 Å². The van der Waals surface area contributed by atoms with Crippen molar-refractivity contribution >= 4 is 5.78 Å². The Balaban J connectivity index is 2.46. The van der Waals surface area contributed by atoms with Crippen LogP contribution in [-0.4, -0.2) is 15.8 Å². The Morgan fingerprint density at radius 1 is 1.27 bits per heavy atom. The summed E-state index contributed by atoms with van der Waals surface area (Å²) < 4.78 is 0. The molecule has 3 heteroatoms. The fourth-order valence-electron chi connectivity index (χ4n) is 1.75. The van der Waals surface area contributed by atoms with Gasteiger partial charge >= 0.3 is 0 Å². The van der Waals surface area contributed by atoms with Crippen LogP contribution in [0.2, 0.25) is 0 Å². The summed E-state index contributed by atoms with van der Waals surface area (Å²) in [5.74, 6) is 1.02. The van der Waals surface area contributed by atoms with Crippen molar-refractivity contribution in [3.63, 3.8) is 0 Å². The highest BCUT2D eigenvalue weighted by Gasteiger charge is 2.23. The Labute approximate surface area is 89.9 Å². The first kappa shape index (κ1) is 10.3. The van der Waals surface area contributed by atoms with Crippen LogP contribution in [0.1, 0.15) is 55.5 Å². The number of Topliss-reactive ketones (excluding diaryl/α,β-unsaturated/α-hetero) is 1. The molecule has 80 valence electrons. The summed E-state index contributed by atoms with van der Waals surface area (Å²) in [5.41, 5.74) is 1.62. The number of rotatable bonds is 0. The number of fused-ring (bicyclic) bond motifs is 1. The molecule has 15 heavy (non-hydrogen) atoms. The van der Waals surface area contributed by atoms with Gasteiger partial charge in [-0.3, -0.25) is 4.79 Å². The zero-order valence-electron chi connectivity index (χ0n) is 9.50. The highest BCUT2D eigenvalue weighted by Crippen LogP contribution is 2.23. The fourth-order valence-corrected chi connectivity index (χ4v) is 1.75. The van der Waals surface area contributed by atoms with Crippen molar-refractivity contribution in [1.82, 2.24) is 9.97 Å². The molecule has 1 aromatic rings. The number of hydrogen-bond acceptors (Lipinski definition) is 3.